The number of aryl methyl sites for hydroxylation is 2. The molecule has 29 heavy (non-hydrogen) atoms. The summed E-state index contributed by atoms with van der Waals surface area (Å²) in [6.45, 7) is 1.68. The van der Waals surface area contributed by atoms with E-state index < -0.39 is 15.9 Å². The molecule has 1 amide bonds. The van der Waals surface area contributed by atoms with Gasteiger partial charge in [-0.3, -0.25) is 19.5 Å². The Morgan fingerprint density at radius 2 is 1.86 bits per heavy atom. The normalized spacial score (nSPS) is 11.3. The highest BCUT2D eigenvalue weighted by molar-refractivity contribution is 7.92. The largest absolute Gasteiger partial charge is 0.495 e. The molecule has 0 saturated heterocycles. The van der Waals surface area contributed by atoms with Crippen molar-refractivity contribution in [2.45, 2.75) is 11.8 Å². The molecule has 0 bridgehead atoms. The van der Waals surface area contributed by atoms with Crippen molar-refractivity contribution < 1.29 is 23.2 Å². The standard InChI is InChI=1S/C19H19N3O6S/c1-11-8-13-9-14(5-6-15(13)22(2)19(11)24)21-29(26,27)17-10-12(18(23)20-25)4-7-16(17)28-3/h4-10,21,25H,1-3H3,(H,20,23). The zero-order chi connectivity index (χ0) is 21.3. The summed E-state index contributed by atoms with van der Waals surface area (Å²) in [6.07, 6.45) is 0. The maximum atomic E-state index is 12.9. The molecule has 0 radical (unpaired) electrons. The van der Waals surface area contributed by atoms with Crippen LogP contribution in [0, 0.1) is 6.92 Å². The monoisotopic (exact) mass is 417 g/mol. The molecular formula is C19H19N3O6S. The number of ether oxygens (including phenoxy) is 1. The number of methoxy groups -OCH3 is 1. The summed E-state index contributed by atoms with van der Waals surface area (Å²) in [4.78, 5) is 23.4. The second kappa shape index (κ2) is 7.57. The van der Waals surface area contributed by atoms with Crippen molar-refractivity contribution in [3.8, 4) is 5.75 Å². The van der Waals surface area contributed by atoms with Gasteiger partial charge in [0.05, 0.1) is 12.6 Å². The number of fused-ring (bicyclic) bond motifs is 1. The predicted molar refractivity (Wildman–Crippen MR) is 107 cm³/mol. The maximum Gasteiger partial charge on any atom is 0.274 e. The number of anilines is 1. The summed E-state index contributed by atoms with van der Waals surface area (Å²) in [7, 11) is -1.17. The molecule has 1 aromatic heterocycles. The quantitative estimate of drug-likeness (QED) is 0.429. The predicted octanol–water partition coefficient (Wildman–Crippen LogP) is 1.78. The van der Waals surface area contributed by atoms with Crippen molar-refractivity contribution in [2.75, 3.05) is 11.8 Å². The van der Waals surface area contributed by atoms with Crippen molar-refractivity contribution in [3.63, 3.8) is 0 Å². The lowest BCUT2D eigenvalue weighted by atomic mass is 10.1. The molecule has 0 saturated carbocycles. The van der Waals surface area contributed by atoms with Crippen LogP contribution in [0.4, 0.5) is 5.69 Å². The van der Waals surface area contributed by atoms with E-state index in [0.29, 0.717) is 16.5 Å². The molecular weight excluding hydrogens is 398 g/mol. The summed E-state index contributed by atoms with van der Waals surface area (Å²) in [6, 6.07) is 10.2. The molecule has 3 rings (SSSR count). The van der Waals surface area contributed by atoms with Crippen molar-refractivity contribution >= 4 is 32.5 Å². The van der Waals surface area contributed by atoms with Gasteiger partial charge in [-0.1, -0.05) is 0 Å². The van der Waals surface area contributed by atoms with E-state index in [9.17, 15) is 18.0 Å². The number of aromatic nitrogens is 1. The van der Waals surface area contributed by atoms with Gasteiger partial charge in [-0.2, -0.15) is 0 Å². The smallest absolute Gasteiger partial charge is 0.274 e. The fourth-order valence-corrected chi connectivity index (χ4v) is 4.26. The first-order chi connectivity index (χ1) is 13.7. The molecule has 0 fully saturated rings. The van der Waals surface area contributed by atoms with Crippen molar-refractivity contribution in [3.05, 3.63) is 63.9 Å². The van der Waals surface area contributed by atoms with Crippen LogP contribution in [-0.2, 0) is 17.1 Å². The number of nitrogens with one attached hydrogen (secondary N) is 2. The van der Waals surface area contributed by atoms with Gasteiger partial charge in [0.25, 0.3) is 21.5 Å². The number of nitrogens with zero attached hydrogens (tertiary/aromatic N) is 1. The van der Waals surface area contributed by atoms with E-state index in [2.05, 4.69) is 4.72 Å². The number of hydrogen-bond acceptors (Lipinski definition) is 6. The number of hydrogen-bond donors (Lipinski definition) is 3. The molecule has 0 spiro atoms. The number of sulfonamides is 1. The van der Waals surface area contributed by atoms with Gasteiger partial charge in [0.2, 0.25) is 0 Å². The summed E-state index contributed by atoms with van der Waals surface area (Å²) in [5, 5.41) is 9.47. The van der Waals surface area contributed by atoms with Crippen molar-refractivity contribution in [1.82, 2.24) is 10.0 Å². The van der Waals surface area contributed by atoms with Gasteiger partial charge in [-0.05, 0) is 49.4 Å². The fraction of sp³-hybridized carbons (Fsp3) is 0.158. The SMILES string of the molecule is COc1ccc(C(=O)NO)cc1S(=O)(=O)Nc1ccc2c(c1)cc(C)c(=O)n2C. The van der Waals surface area contributed by atoms with Gasteiger partial charge in [-0.15, -0.1) is 0 Å². The second-order valence-corrected chi connectivity index (χ2v) is 8.03. The lowest BCUT2D eigenvalue weighted by Gasteiger charge is -2.14. The molecule has 0 aliphatic rings. The maximum absolute atomic E-state index is 12.9. The average molecular weight is 417 g/mol. The molecule has 0 aliphatic carbocycles. The lowest BCUT2D eigenvalue weighted by Crippen LogP contribution is -2.20. The average Bonchev–Trinajstić information content (AvgIpc) is 2.70. The Morgan fingerprint density at radius 3 is 2.52 bits per heavy atom. The molecule has 1 heterocycles. The minimum Gasteiger partial charge on any atom is -0.495 e. The molecule has 9 nitrogen and oxygen atoms in total. The topological polar surface area (TPSA) is 127 Å². The van der Waals surface area contributed by atoms with Crippen LogP contribution >= 0.6 is 0 Å². The van der Waals surface area contributed by atoms with Crippen molar-refractivity contribution in [2.24, 2.45) is 7.05 Å². The van der Waals surface area contributed by atoms with Gasteiger partial charge in [-0.25, -0.2) is 13.9 Å². The fourth-order valence-electron chi connectivity index (χ4n) is 3.01. The highest BCUT2D eigenvalue weighted by atomic mass is 32.2. The number of carbonyl (C=O) groups is 1. The number of pyridine rings is 1. The van der Waals surface area contributed by atoms with E-state index in [-0.39, 0.29) is 27.5 Å². The van der Waals surface area contributed by atoms with Crippen LogP contribution in [0.2, 0.25) is 0 Å². The first-order valence-electron chi connectivity index (χ1n) is 8.43. The Hall–Kier alpha value is -3.37. The van der Waals surface area contributed by atoms with Crippen LogP contribution in [0.1, 0.15) is 15.9 Å². The van der Waals surface area contributed by atoms with Crippen LogP contribution in [-0.4, -0.2) is 31.2 Å². The number of benzene rings is 2. The van der Waals surface area contributed by atoms with E-state index in [1.165, 1.54) is 35.4 Å². The van der Waals surface area contributed by atoms with Crippen LogP contribution in [0.3, 0.4) is 0 Å². The van der Waals surface area contributed by atoms with Gasteiger partial charge in [0.15, 0.2) is 0 Å². The zero-order valence-corrected chi connectivity index (χ0v) is 16.7. The molecule has 0 atom stereocenters. The number of rotatable bonds is 5. The van der Waals surface area contributed by atoms with Crippen LogP contribution < -0.4 is 20.5 Å². The van der Waals surface area contributed by atoms with E-state index in [1.807, 2.05) is 0 Å². The van der Waals surface area contributed by atoms with Crippen LogP contribution in [0.25, 0.3) is 10.9 Å². The first kappa shape index (κ1) is 20.4. The third kappa shape index (κ3) is 3.80. The first-order valence-corrected chi connectivity index (χ1v) is 9.92. The highest BCUT2D eigenvalue weighted by Gasteiger charge is 2.22. The summed E-state index contributed by atoms with van der Waals surface area (Å²) < 4.78 is 34.9. The summed E-state index contributed by atoms with van der Waals surface area (Å²) in [5.74, 6) is -0.822. The molecule has 10 heteroatoms. The Balaban J connectivity index is 2.07. The molecule has 3 aromatic rings. The van der Waals surface area contributed by atoms with E-state index in [1.54, 1.807) is 32.2 Å². The minimum absolute atomic E-state index is 0.0334. The second-order valence-electron chi connectivity index (χ2n) is 6.38. The van der Waals surface area contributed by atoms with E-state index in [0.717, 1.165) is 6.07 Å². The summed E-state index contributed by atoms with van der Waals surface area (Å²) >= 11 is 0. The van der Waals surface area contributed by atoms with Crippen LogP contribution in [0.15, 0.2) is 52.2 Å². The highest BCUT2D eigenvalue weighted by Crippen LogP contribution is 2.28. The van der Waals surface area contributed by atoms with Gasteiger partial charge >= 0.3 is 0 Å². The molecule has 2 aromatic carbocycles. The van der Waals surface area contributed by atoms with Crippen LogP contribution in [0.5, 0.6) is 5.75 Å². The molecule has 3 N–H and O–H groups in total. The third-order valence-corrected chi connectivity index (χ3v) is 5.87. The van der Waals surface area contributed by atoms with Gasteiger partial charge in [0.1, 0.15) is 10.6 Å². The zero-order valence-electron chi connectivity index (χ0n) is 15.9. The van der Waals surface area contributed by atoms with E-state index in [4.69, 9.17) is 9.94 Å². The Bertz CT molecular complexity index is 1280. The molecule has 0 aliphatic heterocycles. The number of carbonyl (C=O) groups excluding carboxylic acids is 1. The van der Waals surface area contributed by atoms with Crippen molar-refractivity contribution in [1.29, 1.82) is 0 Å². The molecule has 152 valence electrons. The Labute approximate surface area is 166 Å². The number of hydroxylamine groups is 1. The third-order valence-electron chi connectivity index (χ3n) is 4.47. The minimum atomic E-state index is -4.12. The Morgan fingerprint density at radius 1 is 1.14 bits per heavy atom. The van der Waals surface area contributed by atoms with Gasteiger partial charge < -0.3 is 9.30 Å². The number of amides is 1. The summed E-state index contributed by atoms with van der Waals surface area (Å²) in [5.41, 5.74) is 2.73. The van der Waals surface area contributed by atoms with E-state index >= 15 is 0 Å². The van der Waals surface area contributed by atoms with Gasteiger partial charge in [0, 0.05) is 29.2 Å². The lowest BCUT2D eigenvalue weighted by molar-refractivity contribution is 0.0706. The Kier molecular flexibility index (Phi) is 5.31. The molecule has 0 unspecified atom stereocenters.